The van der Waals surface area contributed by atoms with E-state index < -0.39 is 0 Å². The first-order valence-electron chi connectivity index (χ1n) is 9.12. The Morgan fingerprint density at radius 2 is 2.29 bits per heavy atom. The Labute approximate surface area is 144 Å². The van der Waals surface area contributed by atoms with E-state index in [1.807, 2.05) is 18.5 Å². The first kappa shape index (κ1) is 17.0. The lowest BCUT2D eigenvalue weighted by molar-refractivity contribution is 0.165. The smallest absolute Gasteiger partial charge is 0.315 e. The fourth-order valence-electron chi connectivity index (χ4n) is 3.60. The van der Waals surface area contributed by atoms with Gasteiger partial charge in [-0.2, -0.15) is 0 Å². The molecule has 5 heteroatoms. The molecular weight excluding hydrogens is 300 g/mol. The standard InChI is InChI=1S/C19H28N4O/c24-19(22-18-8-2-1-3-9-18)21-13-17-7-5-11-23(15-17)14-16-6-4-10-20-12-16/h2,4,6,8,10,12,17-18H,1,3,5,7,9,11,13-15H2,(H2,21,22,24)/t17-,18+/m1/s1. The van der Waals surface area contributed by atoms with E-state index in [1.165, 1.54) is 18.4 Å². The molecule has 1 aromatic rings. The van der Waals surface area contributed by atoms with Gasteiger partial charge >= 0.3 is 6.03 Å². The molecule has 130 valence electrons. The molecule has 2 amide bonds. The molecule has 1 aliphatic carbocycles. The maximum absolute atomic E-state index is 12.0. The van der Waals surface area contributed by atoms with E-state index in [9.17, 15) is 4.79 Å². The maximum Gasteiger partial charge on any atom is 0.315 e. The molecule has 2 aliphatic rings. The molecule has 0 aromatic carbocycles. The summed E-state index contributed by atoms with van der Waals surface area (Å²) in [6.45, 7) is 3.87. The summed E-state index contributed by atoms with van der Waals surface area (Å²) in [5, 5.41) is 6.11. The van der Waals surface area contributed by atoms with Crippen LogP contribution in [0.25, 0.3) is 0 Å². The Balaban J connectivity index is 1.39. The number of rotatable bonds is 5. The Morgan fingerprint density at radius 3 is 3.08 bits per heavy atom. The number of likely N-dealkylation sites (tertiary alicyclic amines) is 1. The predicted molar refractivity (Wildman–Crippen MR) is 95.6 cm³/mol. The minimum Gasteiger partial charge on any atom is -0.338 e. The molecule has 5 nitrogen and oxygen atoms in total. The van der Waals surface area contributed by atoms with Crippen LogP contribution in [0.3, 0.4) is 0 Å². The summed E-state index contributed by atoms with van der Waals surface area (Å²) < 4.78 is 0. The number of nitrogens with one attached hydrogen (secondary N) is 2. The summed E-state index contributed by atoms with van der Waals surface area (Å²) in [7, 11) is 0. The van der Waals surface area contributed by atoms with Crippen molar-refractivity contribution in [1.82, 2.24) is 20.5 Å². The highest BCUT2D eigenvalue weighted by molar-refractivity contribution is 5.74. The van der Waals surface area contributed by atoms with Crippen molar-refractivity contribution in [2.45, 2.75) is 44.7 Å². The Kier molecular flexibility index (Phi) is 6.24. The van der Waals surface area contributed by atoms with E-state index in [1.54, 1.807) is 0 Å². The summed E-state index contributed by atoms with van der Waals surface area (Å²) in [6, 6.07) is 4.28. The quantitative estimate of drug-likeness (QED) is 0.817. The van der Waals surface area contributed by atoms with Gasteiger partial charge in [0.25, 0.3) is 0 Å². The van der Waals surface area contributed by atoms with E-state index in [-0.39, 0.29) is 12.1 Å². The lowest BCUT2D eigenvalue weighted by Crippen LogP contribution is -2.46. The van der Waals surface area contributed by atoms with Crippen LogP contribution in [-0.2, 0) is 6.54 Å². The van der Waals surface area contributed by atoms with E-state index in [2.05, 4.69) is 38.7 Å². The number of amides is 2. The van der Waals surface area contributed by atoms with Crippen molar-refractivity contribution >= 4 is 6.03 Å². The highest BCUT2D eigenvalue weighted by Gasteiger charge is 2.21. The van der Waals surface area contributed by atoms with Gasteiger partial charge in [0.05, 0.1) is 0 Å². The van der Waals surface area contributed by atoms with Crippen molar-refractivity contribution < 1.29 is 4.79 Å². The molecule has 0 unspecified atom stereocenters. The first-order chi connectivity index (χ1) is 11.8. The molecule has 3 rings (SSSR count). The molecule has 1 saturated heterocycles. The Hall–Kier alpha value is -1.88. The number of pyridine rings is 1. The number of carbonyl (C=O) groups is 1. The summed E-state index contributed by atoms with van der Waals surface area (Å²) >= 11 is 0. The lowest BCUT2D eigenvalue weighted by Gasteiger charge is -2.32. The van der Waals surface area contributed by atoms with Gasteiger partial charge in [0, 0.05) is 38.1 Å². The topological polar surface area (TPSA) is 57.3 Å². The van der Waals surface area contributed by atoms with Crippen LogP contribution < -0.4 is 10.6 Å². The molecule has 2 N–H and O–H groups in total. The van der Waals surface area contributed by atoms with Gasteiger partial charge in [-0.15, -0.1) is 0 Å². The van der Waals surface area contributed by atoms with Crippen molar-refractivity contribution in [2.24, 2.45) is 5.92 Å². The fourth-order valence-corrected chi connectivity index (χ4v) is 3.60. The number of allylic oxidation sites excluding steroid dienone is 1. The van der Waals surface area contributed by atoms with Crippen LogP contribution in [0.15, 0.2) is 36.7 Å². The second kappa shape index (κ2) is 8.83. The molecule has 0 spiro atoms. The molecule has 24 heavy (non-hydrogen) atoms. The third kappa shape index (κ3) is 5.34. The fraction of sp³-hybridized carbons (Fsp3) is 0.579. The third-order valence-electron chi connectivity index (χ3n) is 4.85. The van der Waals surface area contributed by atoms with Crippen molar-refractivity contribution in [3.05, 3.63) is 42.2 Å². The number of urea groups is 1. The Bertz CT molecular complexity index is 546. The summed E-state index contributed by atoms with van der Waals surface area (Å²) in [4.78, 5) is 18.7. The molecule has 0 saturated carbocycles. The highest BCUT2D eigenvalue weighted by Crippen LogP contribution is 2.18. The number of aromatic nitrogens is 1. The molecular formula is C19H28N4O. The highest BCUT2D eigenvalue weighted by atomic mass is 16.2. The van der Waals surface area contributed by atoms with Gasteiger partial charge in [-0.1, -0.05) is 18.2 Å². The number of carbonyl (C=O) groups excluding carboxylic acids is 1. The first-order valence-corrected chi connectivity index (χ1v) is 9.12. The largest absolute Gasteiger partial charge is 0.338 e. The SMILES string of the molecule is O=C(NC[C@H]1CCCN(Cc2cccnc2)C1)N[C@H]1C=CCCC1. The lowest BCUT2D eigenvalue weighted by atomic mass is 9.97. The van der Waals surface area contributed by atoms with Crippen molar-refractivity contribution in [1.29, 1.82) is 0 Å². The molecule has 0 radical (unpaired) electrons. The van der Waals surface area contributed by atoms with Gasteiger partial charge in [-0.25, -0.2) is 4.79 Å². The third-order valence-corrected chi connectivity index (χ3v) is 4.85. The van der Waals surface area contributed by atoms with Gasteiger partial charge < -0.3 is 10.6 Å². The van der Waals surface area contributed by atoms with Crippen LogP contribution in [0, 0.1) is 5.92 Å². The zero-order chi connectivity index (χ0) is 16.6. The van der Waals surface area contributed by atoms with Crippen LogP contribution >= 0.6 is 0 Å². The van der Waals surface area contributed by atoms with Crippen molar-refractivity contribution in [3.63, 3.8) is 0 Å². The monoisotopic (exact) mass is 328 g/mol. The van der Waals surface area contributed by atoms with E-state index in [4.69, 9.17) is 0 Å². The van der Waals surface area contributed by atoms with Crippen molar-refractivity contribution in [2.75, 3.05) is 19.6 Å². The van der Waals surface area contributed by atoms with Crippen LogP contribution in [0.1, 0.15) is 37.7 Å². The van der Waals surface area contributed by atoms with Gasteiger partial charge in [0.1, 0.15) is 0 Å². The second-order valence-electron chi connectivity index (χ2n) is 6.92. The zero-order valence-electron chi connectivity index (χ0n) is 14.3. The average Bonchev–Trinajstić information content (AvgIpc) is 2.62. The minimum atomic E-state index is -0.0315. The number of hydrogen-bond donors (Lipinski definition) is 2. The molecule has 0 bridgehead atoms. The zero-order valence-corrected chi connectivity index (χ0v) is 14.3. The summed E-state index contributed by atoms with van der Waals surface area (Å²) in [6.07, 6.45) is 13.7. The summed E-state index contributed by atoms with van der Waals surface area (Å²) in [5.74, 6) is 0.531. The normalized spacial score (nSPS) is 24.5. The summed E-state index contributed by atoms with van der Waals surface area (Å²) in [5.41, 5.74) is 1.26. The van der Waals surface area contributed by atoms with E-state index in [0.717, 1.165) is 45.4 Å². The minimum absolute atomic E-state index is 0.0315. The number of piperidine rings is 1. The van der Waals surface area contributed by atoms with E-state index in [0.29, 0.717) is 5.92 Å². The molecule has 1 aliphatic heterocycles. The molecule has 1 fully saturated rings. The molecule has 2 atom stereocenters. The molecule has 2 heterocycles. The second-order valence-corrected chi connectivity index (χ2v) is 6.92. The van der Waals surface area contributed by atoms with Crippen LogP contribution in [-0.4, -0.2) is 41.6 Å². The van der Waals surface area contributed by atoms with Gasteiger partial charge in [0.2, 0.25) is 0 Å². The van der Waals surface area contributed by atoms with Crippen LogP contribution in [0.5, 0.6) is 0 Å². The van der Waals surface area contributed by atoms with Crippen molar-refractivity contribution in [3.8, 4) is 0 Å². The van der Waals surface area contributed by atoms with Gasteiger partial charge in [0.15, 0.2) is 0 Å². The maximum atomic E-state index is 12.0. The predicted octanol–water partition coefficient (Wildman–Crippen LogP) is 2.70. The van der Waals surface area contributed by atoms with E-state index >= 15 is 0 Å². The van der Waals surface area contributed by atoms with Gasteiger partial charge in [-0.3, -0.25) is 9.88 Å². The van der Waals surface area contributed by atoms with Gasteiger partial charge in [-0.05, 0) is 56.2 Å². The Morgan fingerprint density at radius 1 is 1.33 bits per heavy atom. The number of nitrogens with zero attached hydrogens (tertiary/aromatic N) is 2. The average molecular weight is 328 g/mol. The van der Waals surface area contributed by atoms with Crippen LogP contribution in [0.2, 0.25) is 0 Å². The molecule has 1 aromatic heterocycles. The number of hydrogen-bond acceptors (Lipinski definition) is 3. The van der Waals surface area contributed by atoms with Crippen LogP contribution in [0.4, 0.5) is 4.79 Å².